The van der Waals surface area contributed by atoms with E-state index in [9.17, 15) is 13.2 Å². The fourth-order valence-corrected chi connectivity index (χ4v) is 4.47. The summed E-state index contributed by atoms with van der Waals surface area (Å²) in [5.74, 6) is -0.261. The number of sulfonamides is 1. The number of benzene rings is 3. The molecule has 3 aromatic rings. The highest BCUT2D eigenvalue weighted by Gasteiger charge is 2.19. The maximum Gasteiger partial charge on any atom is 0.262 e. The average Bonchev–Trinajstić information content (AvgIpc) is 2.62. The molecule has 0 spiro atoms. The molecular weight excluding hydrogens is 398 g/mol. The summed E-state index contributed by atoms with van der Waals surface area (Å²) in [6.45, 7) is 1.37. The molecule has 146 valence electrons. The molecule has 2 N–H and O–H groups in total. The molecule has 6 nitrogen and oxygen atoms in total. The quantitative estimate of drug-likeness (QED) is 0.648. The number of amides is 1. The number of anilines is 3. The number of carbonyl (C=O) groups is 1. The SMILES string of the molecule is CC(=O)Nc1ccc(NS(=O)(=O)c2cccc3c(N(C)C)cccc23)cc1Cl. The third-order valence-corrected chi connectivity index (χ3v) is 5.91. The van der Waals surface area contributed by atoms with E-state index in [-0.39, 0.29) is 15.8 Å². The summed E-state index contributed by atoms with van der Waals surface area (Å²) in [5.41, 5.74) is 1.65. The number of nitrogens with one attached hydrogen (secondary N) is 2. The number of hydrogen-bond acceptors (Lipinski definition) is 4. The van der Waals surface area contributed by atoms with Gasteiger partial charge >= 0.3 is 0 Å². The third-order valence-electron chi connectivity index (χ3n) is 4.16. The second-order valence-electron chi connectivity index (χ2n) is 6.50. The van der Waals surface area contributed by atoms with E-state index < -0.39 is 10.0 Å². The Morgan fingerprint density at radius 1 is 1.00 bits per heavy atom. The van der Waals surface area contributed by atoms with Crippen LogP contribution in [0.25, 0.3) is 10.8 Å². The lowest BCUT2D eigenvalue weighted by Gasteiger charge is -2.17. The van der Waals surface area contributed by atoms with E-state index in [4.69, 9.17) is 11.6 Å². The van der Waals surface area contributed by atoms with Gasteiger partial charge in [-0.3, -0.25) is 9.52 Å². The van der Waals surface area contributed by atoms with Crippen LogP contribution in [0.3, 0.4) is 0 Å². The number of rotatable bonds is 5. The summed E-state index contributed by atoms with van der Waals surface area (Å²) in [4.78, 5) is 13.3. The Bertz CT molecular complexity index is 1160. The Hall–Kier alpha value is -2.77. The van der Waals surface area contributed by atoms with E-state index in [0.717, 1.165) is 11.1 Å². The van der Waals surface area contributed by atoms with Gasteiger partial charge in [0.1, 0.15) is 0 Å². The minimum Gasteiger partial charge on any atom is -0.377 e. The standard InChI is InChI=1S/C20H20ClN3O3S/c1-13(25)22-18-11-10-14(12-17(18)21)23-28(26,27)20-9-5-6-15-16(20)7-4-8-19(15)24(2)3/h4-12,23H,1-3H3,(H,22,25). The van der Waals surface area contributed by atoms with Gasteiger partial charge in [-0.1, -0.05) is 35.9 Å². The van der Waals surface area contributed by atoms with Gasteiger partial charge in [0.2, 0.25) is 5.91 Å². The molecule has 0 fully saturated rings. The van der Waals surface area contributed by atoms with Crippen LogP contribution < -0.4 is 14.9 Å². The van der Waals surface area contributed by atoms with E-state index in [0.29, 0.717) is 16.8 Å². The molecule has 28 heavy (non-hydrogen) atoms. The lowest BCUT2D eigenvalue weighted by molar-refractivity contribution is -0.114. The molecule has 3 rings (SSSR count). The van der Waals surface area contributed by atoms with Crippen molar-refractivity contribution in [1.29, 1.82) is 0 Å². The van der Waals surface area contributed by atoms with Gasteiger partial charge in [-0.05, 0) is 30.3 Å². The molecule has 0 aliphatic carbocycles. The third kappa shape index (κ3) is 4.05. The summed E-state index contributed by atoms with van der Waals surface area (Å²) in [6, 6.07) is 15.3. The van der Waals surface area contributed by atoms with E-state index in [1.54, 1.807) is 30.3 Å². The number of halogens is 1. The van der Waals surface area contributed by atoms with E-state index >= 15 is 0 Å². The molecule has 0 aromatic heterocycles. The number of hydrogen-bond donors (Lipinski definition) is 2. The first kappa shape index (κ1) is 20.0. The van der Waals surface area contributed by atoms with Gasteiger partial charge in [-0.25, -0.2) is 8.42 Å². The Morgan fingerprint density at radius 3 is 2.32 bits per heavy atom. The van der Waals surface area contributed by atoms with Crippen LogP contribution in [0.1, 0.15) is 6.92 Å². The van der Waals surface area contributed by atoms with Gasteiger partial charge in [-0.2, -0.15) is 0 Å². The Kier molecular flexibility index (Phi) is 5.49. The average molecular weight is 418 g/mol. The summed E-state index contributed by atoms with van der Waals surface area (Å²) < 4.78 is 28.6. The number of fused-ring (bicyclic) bond motifs is 1. The van der Waals surface area contributed by atoms with Crippen molar-refractivity contribution in [2.45, 2.75) is 11.8 Å². The Labute approximate surface area is 169 Å². The van der Waals surface area contributed by atoms with Crippen LogP contribution in [0.5, 0.6) is 0 Å². The first-order chi connectivity index (χ1) is 13.2. The van der Waals surface area contributed by atoms with Crippen LogP contribution in [0, 0.1) is 0 Å². The van der Waals surface area contributed by atoms with Crippen molar-refractivity contribution in [3.8, 4) is 0 Å². The highest BCUT2D eigenvalue weighted by Crippen LogP contribution is 2.32. The minimum atomic E-state index is -3.85. The van der Waals surface area contributed by atoms with Crippen LogP contribution in [0.4, 0.5) is 17.1 Å². The Balaban J connectivity index is 2.01. The molecule has 0 aliphatic rings. The lowest BCUT2D eigenvalue weighted by Crippen LogP contribution is -2.14. The van der Waals surface area contributed by atoms with Crippen LogP contribution in [-0.4, -0.2) is 28.4 Å². The van der Waals surface area contributed by atoms with Crippen LogP contribution >= 0.6 is 11.6 Å². The summed E-state index contributed by atoms with van der Waals surface area (Å²) >= 11 is 6.14. The second-order valence-corrected chi connectivity index (χ2v) is 8.56. The van der Waals surface area contributed by atoms with Crippen molar-refractivity contribution in [3.63, 3.8) is 0 Å². The molecule has 0 saturated heterocycles. The smallest absolute Gasteiger partial charge is 0.262 e. The molecule has 3 aromatic carbocycles. The normalized spacial score (nSPS) is 11.3. The van der Waals surface area contributed by atoms with Crippen molar-refractivity contribution in [1.82, 2.24) is 0 Å². The monoisotopic (exact) mass is 417 g/mol. The van der Waals surface area contributed by atoms with Gasteiger partial charge in [-0.15, -0.1) is 0 Å². The van der Waals surface area contributed by atoms with Crippen molar-refractivity contribution in [2.75, 3.05) is 29.0 Å². The van der Waals surface area contributed by atoms with Gasteiger partial charge in [0, 0.05) is 37.5 Å². The molecule has 8 heteroatoms. The molecule has 0 unspecified atom stereocenters. The molecular formula is C20H20ClN3O3S. The fraction of sp³-hybridized carbons (Fsp3) is 0.150. The summed E-state index contributed by atoms with van der Waals surface area (Å²) in [6.07, 6.45) is 0. The summed E-state index contributed by atoms with van der Waals surface area (Å²) in [5, 5.41) is 4.29. The van der Waals surface area contributed by atoms with Gasteiger partial charge in [0.15, 0.2) is 0 Å². The number of carbonyl (C=O) groups excluding carboxylic acids is 1. The first-order valence-corrected chi connectivity index (χ1v) is 10.3. The zero-order chi connectivity index (χ0) is 20.5. The Morgan fingerprint density at radius 2 is 1.68 bits per heavy atom. The van der Waals surface area contributed by atoms with Gasteiger partial charge in [0.25, 0.3) is 10.0 Å². The van der Waals surface area contributed by atoms with Crippen LogP contribution in [-0.2, 0) is 14.8 Å². The van der Waals surface area contributed by atoms with Crippen molar-refractivity contribution < 1.29 is 13.2 Å². The topological polar surface area (TPSA) is 78.5 Å². The fourth-order valence-electron chi connectivity index (χ4n) is 2.97. The van der Waals surface area contributed by atoms with E-state index in [2.05, 4.69) is 10.0 Å². The predicted octanol–water partition coefficient (Wildman–Crippen LogP) is 4.32. The first-order valence-electron chi connectivity index (χ1n) is 8.48. The van der Waals surface area contributed by atoms with Crippen LogP contribution in [0.15, 0.2) is 59.5 Å². The summed E-state index contributed by atoms with van der Waals surface area (Å²) in [7, 11) is -0.0305. The zero-order valence-corrected chi connectivity index (χ0v) is 17.2. The molecule has 0 aliphatic heterocycles. The predicted molar refractivity (Wildman–Crippen MR) is 115 cm³/mol. The molecule has 1 amide bonds. The maximum absolute atomic E-state index is 13.0. The molecule has 0 bridgehead atoms. The molecule has 0 radical (unpaired) electrons. The largest absolute Gasteiger partial charge is 0.377 e. The number of nitrogens with zero attached hydrogens (tertiary/aromatic N) is 1. The zero-order valence-electron chi connectivity index (χ0n) is 15.7. The van der Waals surface area contributed by atoms with Crippen molar-refractivity contribution >= 4 is 55.4 Å². The molecule has 0 saturated carbocycles. The highest BCUT2D eigenvalue weighted by atomic mass is 35.5. The highest BCUT2D eigenvalue weighted by molar-refractivity contribution is 7.93. The lowest BCUT2D eigenvalue weighted by atomic mass is 10.1. The van der Waals surface area contributed by atoms with E-state index in [1.165, 1.54) is 13.0 Å². The van der Waals surface area contributed by atoms with E-state index in [1.807, 2.05) is 37.2 Å². The molecule has 0 atom stereocenters. The van der Waals surface area contributed by atoms with Crippen molar-refractivity contribution in [2.24, 2.45) is 0 Å². The van der Waals surface area contributed by atoms with Crippen molar-refractivity contribution in [3.05, 3.63) is 59.6 Å². The minimum absolute atomic E-state index is 0.177. The maximum atomic E-state index is 13.0. The van der Waals surface area contributed by atoms with Gasteiger partial charge in [0.05, 0.1) is 21.3 Å². The molecule has 0 heterocycles. The van der Waals surface area contributed by atoms with Gasteiger partial charge < -0.3 is 10.2 Å². The second kappa shape index (κ2) is 7.69. The van der Waals surface area contributed by atoms with Crippen LogP contribution in [0.2, 0.25) is 5.02 Å².